The number of hydrogen-bond acceptors (Lipinski definition) is 3. The lowest BCUT2D eigenvalue weighted by Crippen LogP contribution is -2.56. The summed E-state index contributed by atoms with van der Waals surface area (Å²) in [4.78, 5) is 11.4. The smallest absolute Gasteiger partial charge is 0.327 e. The van der Waals surface area contributed by atoms with Crippen molar-refractivity contribution < 1.29 is 32.2 Å². The van der Waals surface area contributed by atoms with Gasteiger partial charge in [-0.1, -0.05) is 0 Å². The molecular weight excluding hydrogens is 294 g/mol. The summed E-state index contributed by atoms with van der Waals surface area (Å²) in [6, 6.07) is 0.0565. The topological polar surface area (TPSA) is 58.6 Å². The zero-order valence-corrected chi connectivity index (χ0v) is 11.1. The lowest BCUT2D eigenvalue weighted by molar-refractivity contribution is -0.147. The standard InChI is InChI=1S/C13H13F4NO3/c1-18-13(12(19)20,6-2-3-6)5-21-11-9(16)7(14)4-8(15)10(11)17/h4,6,18H,2-3,5H2,1H3,(H,19,20). The largest absolute Gasteiger partial charge is 0.485 e. The summed E-state index contributed by atoms with van der Waals surface area (Å²) in [5.41, 5.74) is -1.55. The Kier molecular flexibility index (Phi) is 4.08. The number of nitrogens with one attached hydrogen (secondary N) is 1. The first-order valence-electron chi connectivity index (χ1n) is 6.21. The van der Waals surface area contributed by atoms with Gasteiger partial charge in [0.2, 0.25) is 11.6 Å². The monoisotopic (exact) mass is 307 g/mol. The van der Waals surface area contributed by atoms with Gasteiger partial charge in [0, 0.05) is 6.07 Å². The maximum absolute atomic E-state index is 13.5. The van der Waals surface area contributed by atoms with Crippen LogP contribution in [-0.4, -0.2) is 30.3 Å². The molecule has 2 N–H and O–H groups in total. The molecule has 1 aromatic carbocycles. The maximum atomic E-state index is 13.5. The highest BCUT2D eigenvalue weighted by Gasteiger charge is 2.51. The van der Waals surface area contributed by atoms with Gasteiger partial charge in [0.05, 0.1) is 0 Å². The van der Waals surface area contributed by atoms with E-state index in [-0.39, 0.29) is 12.0 Å². The number of hydrogen-bond donors (Lipinski definition) is 2. The Morgan fingerprint density at radius 2 is 1.86 bits per heavy atom. The predicted octanol–water partition coefficient (Wildman–Crippen LogP) is 2.07. The van der Waals surface area contributed by atoms with Crippen LogP contribution in [0.15, 0.2) is 6.07 Å². The molecule has 0 heterocycles. The summed E-state index contributed by atoms with van der Waals surface area (Å²) in [7, 11) is 1.37. The van der Waals surface area contributed by atoms with Crippen molar-refractivity contribution in [2.45, 2.75) is 18.4 Å². The average molecular weight is 307 g/mol. The molecule has 116 valence electrons. The molecule has 0 aliphatic heterocycles. The minimum absolute atomic E-state index is 0.0565. The SMILES string of the molecule is CNC(COc1c(F)c(F)cc(F)c1F)(C(=O)O)C1CC1. The van der Waals surface area contributed by atoms with Gasteiger partial charge in [-0.05, 0) is 25.8 Å². The number of aliphatic carboxylic acids is 1. The van der Waals surface area contributed by atoms with Gasteiger partial charge in [-0.25, -0.2) is 8.78 Å². The first-order valence-corrected chi connectivity index (χ1v) is 6.21. The van der Waals surface area contributed by atoms with Crippen LogP contribution >= 0.6 is 0 Å². The summed E-state index contributed by atoms with van der Waals surface area (Å²) in [6.07, 6.45) is 1.22. The lowest BCUT2D eigenvalue weighted by Gasteiger charge is -2.29. The maximum Gasteiger partial charge on any atom is 0.327 e. The molecule has 0 bridgehead atoms. The molecule has 0 aromatic heterocycles. The zero-order chi connectivity index (χ0) is 15.8. The van der Waals surface area contributed by atoms with Crippen LogP contribution in [0.25, 0.3) is 0 Å². The Morgan fingerprint density at radius 3 is 2.24 bits per heavy atom. The van der Waals surface area contributed by atoms with Crippen molar-refractivity contribution in [3.8, 4) is 5.75 Å². The number of halogens is 4. The van der Waals surface area contributed by atoms with E-state index < -0.39 is 47.1 Å². The number of rotatable bonds is 6. The number of carboxylic acids is 1. The van der Waals surface area contributed by atoms with Crippen LogP contribution in [0, 0.1) is 29.2 Å². The summed E-state index contributed by atoms with van der Waals surface area (Å²) in [5, 5.41) is 11.8. The predicted molar refractivity (Wildman–Crippen MR) is 63.9 cm³/mol. The highest BCUT2D eigenvalue weighted by Crippen LogP contribution is 2.40. The van der Waals surface area contributed by atoms with Crippen molar-refractivity contribution in [2.24, 2.45) is 5.92 Å². The van der Waals surface area contributed by atoms with E-state index in [0.717, 1.165) is 0 Å². The van der Waals surface area contributed by atoms with E-state index in [1.807, 2.05) is 0 Å². The minimum atomic E-state index is -1.69. The molecule has 0 spiro atoms. The lowest BCUT2D eigenvalue weighted by atomic mass is 9.94. The van der Waals surface area contributed by atoms with Crippen LogP contribution in [0.1, 0.15) is 12.8 Å². The molecular formula is C13H13F4NO3. The van der Waals surface area contributed by atoms with Crippen LogP contribution in [0.2, 0.25) is 0 Å². The number of benzene rings is 1. The Hall–Kier alpha value is -1.83. The first kappa shape index (κ1) is 15.6. The molecule has 21 heavy (non-hydrogen) atoms. The van der Waals surface area contributed by atoms with Crippen molar-refractivity contribution in [3.05, 3.63) is 29.3 Å². The van der Waals surface area contributed by atoms with E-state index in [1.54, 1.807) is 0 Å². The van der Waals surface area contributed by atoms with Crippen LogP contribution < -0.4 is 10.1 Å². The van der Waals surface area contributed by atoms with E-state index in [4.69, 9.17) is 4.74 Å². The second kappa shape index (κ2) is 5.51. The van der Waals surface area contributed by atoms with E-state index in [2.05, 4.69) is 5.32 Å². The van der Waals surface area contributed by atoms with E-state index in [0.29, 0.717) is 12.8 Å². The molecule has 1 aliphatic carbocycles. The van der Waals surface area contributed by atoms with Crippen molar-refractivity contribution in [2.75, 3.05) is 13.7 Å². The Bertz CT molecular complexity index is 551. The van der Waals surface area contributed by atoms with Gasteiger partial charge in [0.15, 0.2) is 22.9 Å². The molecule has 2 rings (SSSR count). The molecule has 1 unspecified atom stereocenters. The molecule has 0 amide bonds. The van der Waals surface area contributed by atoms with Crippen LogP contribution in [0.3, 0.4) is 0 Å². The summed E-state index contributed by atoms with van der Waals surface area (Å²) >= 11 is 0. The molecule has 1 fully saturated rings. The second-order valence-corrected chi connectivity index (χ2v) is 4.89. The minimum Gasteiger partial charge on any atom is -0.485 e. The van der Waals surface area contributed by atoms with Crippen molar-refractivity contribution in [1.29, 1.82) is 0 Å². The van der Waals surface area contributed by atoms with E-state index in [1.165, 1.54) is 7.05 Å². The van der Waals surface area contributed by atoms with Crippen LogP contribution in [0.5, 0.6) is 5.75 Å². The fourth-order valence-corrected chi connectivity index (χ4v) is 2.18. The second-order valence-electron chi connectivity index (χ2n) is 4.89. The molecule has 0 saturated heterocycles. The first-order chi connectivity index (χ1) is 9.83. The number of ether oxygens (including phenoxy) is 1. The van der Waals surface area contributed by atoms with Crippen LogP contribution in [-0.2, 0) is 4.79 Å². The van der Waals surface area contributed by atoms with E-state index >= 15 is 0 Å². The van der Waals surface area contributed by atoms with Crippen molar-refractivity contribution in [3.63, 3.8) is 0 Å². The normalized spacial score (nSPS) is 17.4. The van der Waals surface area contributed by atoms with Gasteiger partial charge in [-0.2, -0.15) is 8.78 Å². The summed E-state index contributed by atoms with van der Waals surface area (Å²) in [5.74, 6) is -9.40. The van der Waals surface area contributed by atoms with Gasteiger partial charge in [0.1, 0.15) is 6.61 Å². The highest BCUT2D eigenvalue weighted by molar-refractivity contribution is 5.80. The van der Waals surface area contributed by atoms with Gasteiger partial charge < -0.3 is 15.2 Å². The zero-order valence-electron chi connectivity index (χ0n) is 11.1. The molecule has 4 nitrogen and oxygen atoms in total. The number of carboxylic acid groups (broad SMARTS) is 1. The van der Waals surface area contributed by atoms with Gasteiger partial charge in [-0.3, -0.25) is 4.79 Å². The Labute approximate surface area is 117 Å². The van der Waals surface area contributed by atoms with Gasteiger partial charge >= 0.3 is 5.97 Å². The number of carbonyl (C=O) groups is 1. The Morgan fingerprint density at radius 1 is 1.33 bits per heavy atom. The third-order valence-electron chi connectivity index (χ3n) is 3.62. The molecule has 8 heteroatoms. The van der Waals surface area contributed by atoms with Crippen LogP contribution in [0.4, 0.5) is 17.6 Å². The highest BCUT2D eigenvalue weighted by atomic mass is 19.2. The van der Waals surface area contributed by atoms with Gasteiger partial charge in [0.25, 0.3) is 0 Å². The molecule has 1 aromatic rings. The fourth-order valence-electron chi connectivity index (χ4n) is 2.18. The molecule has 1 aliphatic rings. The number of likely N-dealkylation sites (N-methyl/N-ethyl adjacent to an activating group) is 1. The van der Waals surface area contributed by atoms with Gasteiger partial charge in [-0.15, -0.1) is 0 Å². The van der Waals surface area contributed by atoms with Crippen molar-refractivity contribution in [1.82, 2.24) is 5.32 Å². The molecule has 1 atom stereocenters. The molecule has 1 saturated carbocycles. The fraction of sp³-hybridized carbons (Fsp3) is 0.462. The summed E-state index contributed by atoms with van der Waals surface area (Å²) < 4.78 is 57.8. The quantitative estimate of drug-likeness (QED) is 0.624. The molecule has 0 radical (unpaired) electrons. The van der Waals surface area contributed by atoms with E-state index in [9.17, 15) is 27.5 Å². The van der Waals surface area contributed by atoms with Crippen molar-refractivity contribution >= 4 is 5.97 Å². The summed E-state index contributed by atoms with van der Waals surface area (Å²) in [6.45, 7) is -0.653. The Balaban J connectivity index is 2.28. The third-order valence-corrected chi connectivity index (χ3v) is 3.62. The average Bonchev–Trinajstić information content (AvgIpc) is 3.25. The third kappa shape index (κ3) is 2.67.